The first-order chi connectivity index (χ1) is 12.6. The molecule has 1 fully saturated rings. The number of likely N-dealkylation sites (tertiary alicyclic amines) is 1. The van der Waals surface area contributed by atoms with Gasteiger partial charge in [-0.25, -0.2) is 0 Å². The molecule has 1 aliphatic rings. The van der Waals surface area contributed by atoms with Crippen molar-refractivity contribution in [3.8, 4) is 5.75 Å². The molecule has 1 saturated heterocycles. The number of carbonyl (C=O) groups is 2. The third-order valence-corrected chi connectivity index (χ3v) is 5.62. The van der Waals surface area contributed by atoms with Gasteiger partial charge in [0.2, 0.25) is 5.91 Å². The summed E-state index contributed by atoms with van der Waals surface area (Å²) in [6.45, 7) is 3.76. The summed E-state index contributed by atoms with van der Waals surface area (Å²) in [5.74, 6) is 1.70. The summed E-state index contributed by atoms with van der Waals surface area (Å²) in [6, 6.07) is 6.61. The first kappa shape index (κ1) is 20.6. The maximum absolute atomic E-state index is 13.1. The van der Waals surface area contributed by atoms with E-state index in [2.05, 4.69) is 12.2 Å². The highest BCUT2D eigenvalue weighted by Crippen LogP contribution is 2.21. The number of nitrogens with zero attached hydrogens (tertiary/aromatic N) is 1. The highest BCUT2D eigenvalue weighted by Gasteiger charge is 2.29. The molecule has 1 N–H and O–H groups in total. The third kappa shape index (κ3) is 5.40. The van der Waals surface area contributed by atoms with Crippen molar-refractivity contribution < 1.29 is 14.3 Å². The predicted molar refractivity (Wildman–Crippen MR) is 107 cm³/mol. The molecule has 2 unspecified atom stereocenters. The standard InChI is InChI=1S/C20H30N2O3S/c1-4-15-8-7-12-22(14-15)20(24)17(11-13-26-3)21-19(23)16-9-5-6-10-18(16)25-2/h5-6,9-10,15,17H,4,7-8,11-14H2,1-3H3,(H,21,23). The topological polar surface area (TPSA) is 58.6 Å². The van der Waals surface area contributed by atoms with Crippen LogP contribution in [0.4, 0.5) is 0 Å². The zero-order valence-corrected chi connectivity index (χ0v) is 16.8. The largest absolute Gasteiger partial charge is 0.496 e. The smallest absolute Gasteiger partial charge is 0.255 e. The van der Waals surface area contributed by atoms with Gasteiger partial charge in [-0.3, -0.25) is 9.59 Å². The van der Waals surface area contributed by atoms with E-state index in [9.17, 15) is 9.59 Å². The molecule has 1 aliphatic heterocycles. The molecule has 2 atom stereocenters. The van der Waals surface area contributed by atoms with Gasteiger partial charge in [-0.05, 0) is 49.3 Å². The van der Waals surface area contributed by atoms with Crippen LogP contribution < -0.4 is 10.1 Å². The van der Waals surface area contributed by atoms with Crippen molar-refractivity contribution in [1.29, 1.82) is 0 Å². The van der Waals surface area contributed by atoms with E-state index in [1.54, 1.807) is 37.1 Å². The van der Waals surface area contributed by atoms with Gasteiger partial charge in [-0.1, -0.05) is 25.5 Å². The minimum atomic E-state index is -0.490. The van der Waals surface area contributed by atoms with Gasteiger partial charge < -0.3 is 15.0 Å². The summed E-state index contributed by atoms with van der Waals surface area (Å²) in [7, 11) is 1.54. The van der Waals surface area contributed by atoms with Gasteiger partial charge in [0, 0.05) is 13.1 Å². The summed E-state index contributed by atoms with van der Waals surface area (Å²) in [4.78, 5) is 27.7. The molecule has 1 aromatic carbocycles. The van der Waals surface area contributed by atoms with Crippen molar-refractivity contribution in [3.63, 3.8) is 0 Å². The molecule has 1 heterocycles. The molecule has 26 heavy (non-hydrogen) atoms. The Kier molecular flexibility index (Phi) is 8.29. The van der Waals surface area contributed by atoms with Crippen LogP contribution in [0.1, 0.15) is 43.0 Å². The first-order valence-electron chi connectivity index (χ1n) is 9.32. The molecule has 0 radical (unpaired) electrons. The number of nitrogens with one attached hydrogen (secondary N) is 1. The van der Waals surface area contributed by atoms with Crippen LogP contribution in [0.2, 0.25) is 0 Å². The number of amides is 2. The predicted octanol–water partition coefficient (Wildman–Crippen LogP) is 3.20. The number of rotatable bonds is 8. The molecule has 6 heteroatoms. The Morgan fingerprint density at radius 2 is 2.15 bits per heavy atom. The Morgan fingerprint density at radius 3 is 2.85 bits per heavy atom. The number of hydrogen-bond acceptors (Lipinski definition) is 4. The zero-order valence-electron chi connectivity index (χ0n) is 16.0. The molecular formula is C20H30N2O3S. The van der Waals surface area contributed by atoms with Crippen molar-refractivity contribution in [2.75, 3.05) is 32.2 Å². The number of benzene rings is 1. The second-order valence-electron chi connectivity index (χ2n) is 6.71. The van der Waals surface area contributed by atoms with Gasteiger partial charge in [0.15, 0.2) is 0 Å². The van der Waals surface area contributed by atoms with Crippen LogP contribution in [0.25, 0.3) is 0 Å². The lowest BCUT2D eigenvalue weighted by atomic mass is 9.95. The number of methoxy groups -OCH3 is 1. The van der Waals surface area contributed by atoms with E-state index in [0.29, 0.717) is 23.7 Å². The minimum Gasteiger partial charge on any atom is -0.496 e. The maximum atomic E-state index is 13.1. The van der Waals surface area contributed by atoms with Crippen LogP contribution >= 0.6 is 11.8 Å². The molecule has 2 rings (SSSR count). The molecule has 144 valence electrons. The lowest BCUT2D eigenvalue weighted by Gasteiger charge is -2.35. The van der Waals surface area contributed by atoms with Crippen molar-refractivity contribution >= 4 is 23.6 Å². The number of ether oxygens (including phenoxy) is 1. The van der Waals surface area contributed by atoms with Crippen molar-refractivity contribution in [2.45, 2.75) is 38.6 Å². The number of thioether (sulfide) groups is 1. The van der Waals surface area contributed by atoms with Gasteiger partial charge in [0.05, 0.1) is 12.7 Å². The van der Waals surface area contributed by atoms with Gasteiger partial charge in [-0.15, -0.1) is 0 Å². The number of hydrogen-bond donors (Lipinski definition) is 1. The summed E-state index contributed by atoms with van der Waals surface area (Å²) in [5.41, 5.74) is 0.460. The lowest BCUT2D eigenvalue weighted by molar-refractivity contribution is -0.135. The van der Waals surface area contributed by atoms with Gasteiger partial charge >= 0.3 is 0 Å². The Balaban J connectivity index is 2.10. The van der Waals surface area contributed by atoms with E-state index in [-0.39, 0.29) is 11.8 Å². The molecule has 0 saturated carbocycles. The van der Waals surface area contributed by atoms with E-state index in [1.165, 1.54) is 6.42 Å². The molecule has 0 aliphatic carbocycles. The van der Waals surface area contributed by atoms with Crippen LogP contribution in [-0.4, -0.2) is 55.0 Å². The normalized spacial score (nSPS) is 18.3. The van der Waals surface area contributed by atoms with Crippen LogP contribution in [0.5, 0.6) is 5.75 Å². The van der Waals surface area contributed by atoms with Crippen LogP contribution in [0, 0.1) is 5.92 Å². The van der Waals surface area contributed by atoms with Gasteiger partial charge in [-0.2, -0.15) is 11.8 Å². The maximum Gasteiger partial charge on any atom is 0.255 e. The van der Waals surface area contributed by atoms with Crippen molar-refractivity contribution in [2.24, 2.45) is 5.92 Å². The summed E-state index contributed by atoms with van der Waals surface area (Å²) in [5, 5.41) is 2.95. The quantitative estimate of drug-likeness (QED) is 0.755. The third-order valence-electron chi connectivity index (χ3n) is 4.97. The molecule has 0 bridgehead atoms. The molecule has 5 nitrogen and oxygen atoms in total. The van der Waals surface area contributed by atoms with Gasteiger partial charge in [0.25, 0.3) is 5.91 Å². The Morgan fingerprint density at radius 1 is 1.38 bits per heavy atom. The molecule has 1 aromatic rings. The van der Waals surface area contributed by atoms with E-state index in [4.69, 9.17) is 4.74 Å². The Hall–Kier alpha value is -1.69. The van der Waals surface area contributed by atoms with E-state index in [1.807, 2.05) is 17.2 Å². The van der Waals surface area contributed by atoms with Gasteiger partial charge in [0.1, 0.15) is 11.8 Å². The SMILES string of the molecule is CCC1CCCN(C(=O)C(CCSC)NC(=O)c2ccccc2OC)C1. The van der Waals surface area contributed by atoms with Crippen molar-refractivity contribution in [1.82, 2.24) is 10.2 Å². The summed E-state index contributed by atoms with van der Waals surface area (Å²) in [6.07, 6.45) is 5.96. The van der Waals surface area contributed by atoms with Crippen LogP contribution in [0.3, 0.4) is 0 Å². The lowest BCUT2D eigenvalue weighted by Crippen LogP contribution is -2.51. The van der Waals surface area contributed by atoms with Crippen LogP contribution in [-0.2, 0) is 4.79 Å². The highest BCUT2D eigenvalue weighted by atomic mass is 32.2. The minimum absolute atomic E-state index is 0.0421. The number of para-hydroxylation sites is 1. The van der Waals surface area contributed by atoms with E-state index in [0.717, 1.165) is 31.7 Å². The van der Waals surface area contributed by atoms with Crippen molar-refractivity contribution in [3.05, 3.63) is 29.8 Å². The number of carbonyl (C=O) groups excluding carboxylic acids is 2. The van der Waals surface area contributed by atoms with E-state index < -0.39 is 6.04 Å². The Bertz CT molecular complexity index is 608. The highest BCUT2D eigenvalue weighted by molar-refractivity contribution is 7.98. The average molecular weight is 379 g/mol. The number of piperidine rings is 1. The molecule has 0 aromatic heterocycles. The average Bonchev–Trinajstić information content (AvgIpc) is 2.70. The Labute approximate surface area is 160 Å². The van der Waals surface area contributed by atoms with E-state index >= 15 is 0 Å². The van der Waals surface area contributed by atoms with Crippen LogP contribution in [0.15, 0.2) is 24.3 Å². The fourth-order valence-electron chi connectivity index (χ4n) is 3.38. The fraction of sp³-hybridized carbons (Fsp3) is 0.600. The zero-order chi connectivity index (χ0) is 18.9. The molecular weight excluding hydrogens is 348 g/mol. The fourth-order valence-corrected chi connectivity index (χ4v) is 3.85. The summed E-state index contributed by atoms with van der Waals surface area (Å²) >= 11 is 1.68. The second-order valence-corrected chi connectivity index (χ2v) is 7.69. The molecule has 2 amide bonds. The summed E-state index contributed by atoms with van der Waals surface area (Å²) < 4.78 is 5.27. The monoisotopic (exact) mass is 378 g/mol. The second kappa shape index (κ2) is 10.5. The first-order valence-corrected chi connectivity index (χ1v) is 10.7. The molecule has 0 spiro atoms.